The van der Waals surface area contributed by atoms with E-state index in [1.54, 1.807) is 0 Å². The lowest BCUT2D eigenvalue weighted by atomic mass is 10.1. The van der Waals surface area contributed by atoms with Crippen molar-refractivity contribution in [1.29, 1.82) is 0 Å². The van der Waals surface area contributed by atoms with Gasteiger partial charge in [0, 0.05) is 18.7 Å². The minimum absolute atomic E-state index is 0.0955. The van der Waals surface area contributed by atoms with Crippen molar-refractivity contribution in [3.05, 3.63) is 42.1 Å². The number of aromatic amines is 1. The number of piperazine rings is 1. The molecule has 2 amide bonds. The molecule has 2 N–H and O–H groups in total. The lowest BCUT2D eigenvalue weighted by Gasteiger charge is -2.26. The molecule has 1 saturated heterocycles. The van der Waals surface area contributed by atoms with E-state index in [9.17, 15) is 9.59 Å². The van der Waals surface area contributed by atoms with Crippen LogP contribution in [-0.4, -0.2) is 46.5 Å². The summed E-state index contributed by atoms with van der Waals surface area (Å²) < 4.78 is 0. The second-order valence-corrected chi connectivity index (χ2v) is 4.60. The molecular weight excluding hydrogens is 256 g/mol. The van der Waals surface area contributed by atoms with Gasteiger partial charge in [-0.1, -0.05) is 30.3 Å². The van der Waals surface area contributed by atoms with E-state index in [2.05, 4.69) is 15.5 Å². The highest BCUT2D eigenvalue weighted by Gasteiger charge is 2.25. The standard InChI is InChI=1S/C14H14N4O2/c19-12-9-18(7-6-15-12)14(20)11-8-16-17-13(11)10-4-2-1-3-5-10/h1-5,8H,6-7,9H2,(H,15,19)(H,16,17). The number of aromatic nitrogens is 2. The van der Waals surface area contributed by atoms with Gasteiger partial charge in [0.25, 0.3) is 5.91 Å². The highest BCUT2D eigenvalue weighted by molar-refractivity contribution is 6.01. The fraction of sp³-hybridized carbons (Fsp3) is 0.214. The molecule has 1 aliphatic rings. The van der Waals surface area contributed by atoms with Gasteiger partial charge in [-0.05, 0) is 0 Å². The van der Waals surface area contributed by atoms with Crippen LogP contribution in [0.15, 0.2) is 36.5 Å². The van der Waals surface area contributed by atoms with Gasteiger partial charge in [-0.3, -0.25) is 14.7 Å². The molecule has 6 heteroatoms. The van der Waals surface area contributed by atoms with Crippen LogP contribution in [0.1, 0.15) is 10.4 Å². The Morgan fingerprint density at radius 1 is 1.25 bits per heavy atom. The zero-order valence-electron chi connectivity index (χ0n) is 10.8. The van der Waals surface area contributed by atoms with Gasteiger partial charge in [0.05, 0.1) is 24.0 Å². The topological polar surface area (TPSA) is 78.1 Å². The van der Waals surface area contributed by atoms with Gasteiger partial charge in [0.15, 0.2) is 0 Å². The lowest BCUT2D eigenvalue weighted by molar-refractivity contribution is -0.123. The third-order valence-corrected chi connectivity index (χ3v) is 3.26. The van der Waals surface area contributed by atoms with Crippen molar-refractivity contribution >= 4 is 11.8 Å². The second-order valence-electron chi connectivity index (χ2n) is 4.60. The summed E-state index contributed by atoms with van der Waals surface area (Å²) in [5.74, 6) is -0.304. The normalized spacial score (nSPS) is 15.0. The average Bonchev–Trinajstić information content (AvgIpc) is 2.97. The number of amides is 2. The van der Waals surface area contributed by atoms with Crippen molar-refractivity contribution in [1.82, 2.24) is 20.4 Å². The molecule has 0 aliphatic carbocycles. The van der Waals surface area contributed by atoms with Crippen molar-refractivity contribution in [2.75, 3.05) is 19.6 Å². The molecule has 1 fully saturated rings. The molecule has 1 aromatic carbocycles. The van der Waals surface area contributed by atoms with E-state index in [0.717, 1.165) is 5.56 Å². The van der Waals surface area contributed by atoms with Gasteiger partial charge in [-0.15, -0.1) is 0 Å². The third-order valence-electron chi connectivity index (χ3n) is 3.26. The molecule has 0 saturated carbocycles. The molecule has 0 bridgehead atoms. The molecule has 0 radical (unpaired) electrons. The first-order chi connectivity index (χ1) is 9.75. The average molecular weight is 270 g/mol. The Kier molecular flexibility index (Phi) is 3.20. The Balaban J connectivity index is 1.90. The highest BCUT2D eigenvalue weighted by atomic mass is 16.2. The minimum atomic E-state index is -0.174. The summed E-state index contributed by atoms with van der Waals surface area (Å²) in [4.78, 5) is 25.4. The van der Waals surface area contributed by atoms with Crippen molar-refractivity contribution in [3.63, 3.8) is 0 Å². The first-order valence-electron chi connectivity index (χ1n) is 6.40. The summed E-state index contributed by atoms with van der Waals surface area (Å²) in [7, 11) is 0. The molecule has 1 aromatic heterocycles. The maximum absolute atomic E-state index is 12.5. The maximum atomic E-state index is 12.5. The van der Waals surface area contributed by atoms with Crippen LogP contribution in [-0.2, 0) is 4.79 Å². The summed E-state index contributed by atoms with van der Waals surface area (Å²) in [5.41, 5.74) is 2.07. The summed E-state index contributed by atoms with van der Waals surface area (Å²) in [6, 6.07) is 9.54. The highest BCUT2D eigenvalue weighted by Crippen LogP contribution is 2.22. The Bertz CT molecular complexity index is 636. The molecule has 0 atom stereocenters. The summed E-state index contributed by atoms with van der Waals surface area (Å²) in [6.07, 6.45) is 1.51. The molecule has 1 aliphatic heterocycles. The van der Waals surface area contributed by atoms with Gasteiger partial charge in [0.1, 0.15) is 0 Å². The number of nitrogens with zero attached hydrogens (tertiary/aromatic N) is 2. The molecule has 102 valence electrons. The van der Waals surface area contributed by atoms with E-state index >= 15 is 0 Å². The molecule has 20 heavy (non-hydrogen) atoms. The Morgan fingerprint density at radius 2 is 2.05 bits per heavy atom. The van der Waals surface area contributed by atoms with Crippen LogP contribution in [0.4, 0.5) is 0 Å². The van der Waals surface area contributed by atoms with E-state index < -0.39 is 0 Å². The van der Waals surface area contributed by atoms with Gasteiger partial charge in [-0.2, -0.15) is 5.10 Å². The van der Waals surface area contributed by atoms with E-state index in [-0.39, 0.29) is 18.4 Å². The van der Waals surface area contributed by atoms with Crippen LogP contribution >= 0.6 is 0 Å². The number of hydrogen-bond acceptors (Lipinski definition) is 3. The number of hydrogen-bond donors (Lipinski definition) is 2. The second kappa shape index (κ2) is 5.16. The number of H-pyrrole nitrogens is 1. The zero-order chi connectivity index (χ0) is 13.9. The predicted molar refractivity (Wildman–Crippen MR) is 72.9 cm³/mol. The van der Waals surface area contributed by atoms with Crippen molar-refractivity contribution in [3.8, 4) is 11.3 Å². The van der Waals surface area contributed by atoms with Crippen LogP contribution in [0.3, 0.4) is 0 Å². The smallest absolute Gasteiger partial charge is 0.258 e. The van der Waals surface area contributed by atoms with Crippen molar-refractivity contribution in [2.24, 2.45) is 0 Å². The monoisotopic (exact) mass is 270 g/mol. The van der Waals surface area contributed by atoms with Crippen LogP contribution in [0.5, 0.6) is 0 Å². The SMILES string of the molecule is O=C1CN(C(=O)c2cn[nH]c2-c2ccccc2)CCN1. The quantitative estimate of drug-likeness (QED) is 0.841. The number of nitrogens with one attached hydrogen (secondary N) is 2. The van der Waals surface area contributed by atoms with Crippen LogP contribution in [0.25, 0.3) is 11.3 Å². The van der Waals surface area contributed by atoms with Gasteiger partial charge in [0.2, 0.25) is 5.91 Å². The predicted octanol–water partition coefficient (Wildman–Crippen LogP) is 0.649. The molecule has 2 aromatic rings. The maximum Gasteiger partial charge on any atom is 0.258 e. The molecular formula is C14H14N4O2. The summed E-state index contributed by atoms with van der Waals surface area (Å²) in [5, 5.41) is 9.52. The number of carbonyl (C=O) groups excluding carboxylic acids is 2. The van der Waals surface area contributed by atoms with Crippen LogP contribution in [0.2, 0.25) is 0 Å². The van der Waals surface area contributed by atoms with E-state index in [4.69, 9.17) is 0 Å². The fourth-order valence-electron chi connectivity index (χ4n) is 2.26. The first-order valence-corrected chi connectivity index (χ1v) is 6.40. The van der Waals surface area contributed by atoms with E-state index in [1.165, 1.54) is 11.1 Å². The molecule has 6 nitrogen and oxygen atoms in total. The molecule has 2 heterocycles. The Hall–Kier alpha value is -2.63. The largest absolute Gasteiger partial charge is 0.353 e. The molecule has 0 spiro atoms. The zero-order valence-corrected chi connectivity index (χ0v) is 10.8. The first kappa shape index (κ1) is 12.4. The van der Waals surface area contributed by atoms with Gasteiger partial charge >= 0.3 is 0 Å². The van der Waals surface area contributed by atoms with E-state index in [1.807, 2.05) is 30.3 Å². The third kappa shape index (κ3) is 2.27. The van der Waals surface area contributed by atoms with Crippen molar-refractivity contribution in [2.45, 2.75) is 0 Å². The van der Waals surface area contributed by atoms with Gasteiger partial charge in [-0.25, -0.2) is 0 Å². The Morgan fingerprint density at radius 3 is 2.80 bits per heavy atom. The number of benzene rings is 1. The minimum Gasteiger partial charge on any atom is -0.353 e. The molecule has 3 rings (SSSR count). The fourth-order valence-corrected chi connectivity index (χ4v) is 2.26. The van der Waals surface area contributed by atoms with Crippen molar-refractivity contribution < 1.29 is 9.59 Å². The number of rotatable bonds is 2. The lowest BCUT2D eigenvalue weighted by Crippen LogP contribution is -2.50. The van der Waals surface area contributed by atoms with E-state index in [0.29, 0.717) is 24.3 Å². The Labute approximate surface area is 115 Å². The molecule has 0 unspecified atom stereocenters. The van der Waals surface area contributed by atoms with Crippen LogP contribution in [0, 0.1) is 0 Å². The number of carbonyl (C=O) groups is 2. The van der Waals surface area contributed by atoms with Gasteiger partial charge < -0.3 is 10.2 Å². The summed E-state index contributed by atoms with van der Waals surface area (Å²) >= 11 is 0. The summed E-state index contributed by atoms with van der Waals surface area (Å²) in [6.45, 7) is 1.10. The van der Waals surface area contributed by atoms with Crippen LogP contribution < -0.4 is 5.32 Å².